The van der Waals surface area contributed by atoms with Crippen molar-refractivity contribution in [3.05, 3.63) is 32.7 Å². The molecule has 0 bridgehead atoms. The van der Waals surface area contributed by atoms with E-state index in [9.17, 15) is 9.90 Å². The summed E-state index contributed by atoms with van der Waals surface area (Å²) in [4.78, 5) is 13.7. The lowest BCUT2D eigenvalue weighted by Crippen LogP contribution is -2.29. The standard InChI is InChI=1S/C11H11Br2NO2/c12-8-3-7(4-9(13)5-8)11(16)14-2-1-10(15)6-14/h3-5,10,15H,1-2,6H2/t10-/m1/s1. The van der Waals surface area contributed by atoms with Crippen molar-refractivity contribution in [2.24, 2.45) is 0 Å². The summed E-state index contributed by atoms with van der Waals surface area (Å²) < 4.78 is 1.73. The van der Waals surface area contributed by atoms with Gasteiger partial charge in [-0.1, -0.05) is 31.9 Å². The lowest BCUT2D eigenvalue weighted by atomic mass is 10.2. The molecule has 1 amide bonds. The Bertz CT molecular complexity index is 402. The molecule has 1 N–H and O–H groups in total. The molecule has 1 aromatic carbocycles. The van der Waals surface area contributed by atoms with Gasteiger partial charge in [-0.05, 0) is 24.6 Å². The molecule has 0 saturated carbocycles. The summed E-state index contributed by atoms with van der Waals surface area (Å²) in [6.45, 7) is 1.06. The van der Waals surface area contributed by atoms with Crippen molar-refractivity contribution in [2.75, 3.05) is 13.1 Å². The van der Waals surface area contributed by atoms with Crippen molar-refractivity contribution in [1.82, 2.24) is 4.90 Å². The molecule has 0 aromatic heterocycles. The van der Waals surface area contributed by atoms with Gasteiger partial charge in [0.15, 0.2) is 0 Å². The summed E-state index contributed by atoms with van der Waals surface area (Å²) in [6, 6.07) is 5.46. The van der Waals surface area contributed by atoms with Crippen LogP contribution in [-0.4, -0.2) is 35.1 Å². The van der Waals surface area contributed by atoms with Crippen LogP contribution in [0.15, 0.2) is 27.1 Å². The van der Waals surface area contributed by atoms with Crippen molar-refractivity contribution in [3.63, 3.8) is 0 Å². The Morgan fingerprint density at radius 2 is 1.94 bits per heavy atom. The summed E-state index contributed by atoms with van der Waals surface area (Å²) in [7, 11) is 0. The SMILES string of the molecule is O=C(c1cc(Br)cc(Br)c1)N1CC[C@@H](O)C1. The fraction of sp³-hybridized carbons (Fsp3) is 0.364. The van der Waals surface area contributed by atoms with Gasteiger partial charge >= 0.3 is 0 Å². The Hall–Kier alpha value is -0.390. The van der Waals surface area contributed by atoms with Crippen LogP contribution in [0.1, 0.15) is 16.8 Å². The Morgan fingerprint density at radius 3 is 2.44 bits per heavy atom. The van der Waals surface area contributed by atoms with Gasteiger partial charge in [-0.25, -0.2) is 0 Å². The number of β-amino-alcohol motifs (C(OH)–C–C–N with tert-alkyl or cyclic N) is 1. The summed E-state index contributed by atoms with van der Waals surface area (Å²) in [6.07, 6.45) is 0.292. The lowest BCUT2D eigenvalue weighted by molar-refractivity contribution is 0.0765. The Labute approximate surface area is 111 Å². The van der Waals surface area contributed by atoms with Gasteiger partial charge in [0.25, 0.3) is 5.91 Å². The van der Waals surface area contributed by atoms with Crippen molar-refractivity contribution in [2.45, 2.75) is 12.5 Å². The molecular weight excluding hydrogens is 338 g/mol. The molecular formula is C11H11Br2NO2. The second kappa shape index (κ2) is 4.85. The first-order chi connectivity index (χ1) is 7.56. The maximum Gasteiger partial charge on any atom is 0.254 e. The molecule has 1 fully saturated rings. The van der Waals surface area contributed by atoms with Gasteiger partial charge in [-0.15, -0.1) is 0 Å². The van der Waals surface area contributed by atoms with E-state index in [1.807, 2.05) is 6.07 Å². The van der Waals surface area contributed by atoms with Crippen LogP contribution in [0.4, 0.5) is 0 Å². The molecule has 1 aromatic rings. The minimum Gasteiger partial charge on any atom is -0.391 e. The molecule has 86 valence electrons. The van der Waals surface area contributed by atoms with Gasteiger partial charge in [0.1, 0.15) is 0 Å². The van der Waals surface area contributed by atoms with Gasteiger partial charge in [0.05, 0.1) is 6.10 Å². The van der Waals surface area contributed by atoms with Crippen LogP contribution in [0.3, 0.4) is 0 Å². The van der Waals surface area contributed by atoms with E-state index in [2.05, 4.69) is 31.9 Å². The molecule has 1 saturated heterocycles. The third kappa shape index (κ3) is 2.64. The van der Waals surface area contributed by atoms with E-state index in [0.29, 0.717) is 25.1 Å². The second-order valence-corrected chi connectivity index (χ2v) is 5.68. The predicted molar refractivity (Wildman–Crippen MR) is 68.4 cm³/mol. The lowest BCUT2D eigenvalue weighted by Gasteiger charge is -2.15. The van der Waals surface area contributed by atoms with Crippen molar-refractivity contribution < 1.29 is 9.90 Å². The molecule has 0 spiro atoms. The summed E-state index contributed by atoms with van der Waals surface area (Å²) in [5.74, 6) is -0.0291. The summed E-state index contributed by atoms with van der Waals surface area (Å²) in [5, 5.41) is 9.39. The quantitative estimate of drug-likeness (QED) is 0.846. The highest BCUT2D eigenvalue weighted by molar-refractivity contribution is 9.11. The molecule has 0 aliphatic carbocycles. The Balaban J connectivity index is 2.20. The summed E-state index contributed by atoms with van der Waals surface area (Å²) in [5.41, 5.74) is 0.635. The van der Waals surface area contributed by atoms with Crippen LogP contribution in [0, 0.1) is 0 Å². The van der Waals surface area contributed by atoms with Crippen LogP contribution in [0.5, 0.6) is 0 Å². The normalized spacial score (nSPS) is 20.2. The molecule has 3 nitrogen and oxygen atoms in total. The van der Waals surface area contributed by atoms with E-state index in [-0.39, 0.29) is 12.0 Å². The number of halogens is 2. The van der Waals surface area contributed by atoms with E-state index in [1.165, 1.54) is 0 Å². The number of hydrogen-bond donors (Lipinski definition) is 1. The zero-order valence-corrected chi connectivity index (χ0v) is 11.7. The van der Waals surface area contributed by atoms with E-state index in [1.54, 1.807) is 17.0 Å². The van der Waals surface area contributed by atoms with Gasteiger partial charge in [0.2, 0.25) is 0 Å². The highest BCUT2D eigenvalue weighted by atomic mass is 79.9. The zero-order chi connectivity index (χ0) is 11.7. The van der Waals surface area contributed by atoms with Gasteiger partial charge in [0, 0.05) is 27.6 Å². The second-order valence-electron chi connectivity index (χ2n) is 3.85. The summed E-state index contributed by atoms with van der Waals surface area (Å²) >= 11 is 6.70. The molecule has 1 heterocycles. The van der Waals surface area contributed by atoms with E-state index in [4.69, 9.17) is 0 Å². The molecule has 1 aliphatic heterocycles. The minimum absolute atomic E-state index is 0.0291. The number of benzene rings is 1. The fourth-order valence-electron chi connectivity index (χ4n) is 1.79. The predicted octanol–water partition coefficient (Wildman–Crippen LogP) is 2.42. The molecule has 2 rings (SSSR count). The number of aliphatic hydroxyl groups is 1. The largest absolute Gasteiger partial charge is 0.391 e. The van der Waals surface area contributed by atoms with E-state index >= 15 is 0 Å². The zero-order valence-electron chi connectivity index (χ0n) is 8.49. The maximum atomic E-state index is 12.1. The number of rotatable bonds is 1. The number of aliphatic hydroxyl groups excluding tert-OH is 1. The van der Waals surface area contributed by atoms with Crippen LogP contribution in [0.2, 0.25) is 0 Å². The van der Waals surface area contributed by atoms with Crippen LogP contribution < -0.4 is 0 Å². The molecule has 16 heavy (non-hydrogen) atoms. The topological polar surface area (TPSA) is 40.5 Å². The first-order valence-electron chi connectivity index (χ1n) is 4.99. The smallest absolute Gasteiger partial charge is 0.254 e. The maximum absolute atomic E-state index is 12.1. The van der Waals surface area contributed by atoms with E-state index < -0.39 is 0 Å². The third-order valence-corrected chi connectivity index (χ3v) is 3.48. The van der Waals surface area contributed by atoms with Crippen molar-refractivity contribution >= 4 is 37.8 Å². The minimum atomic E-state index is -0.375. The number of nitrogens with zero attached hydrogens (tertiary/aromatic N) is 1. The average Bonchev–Trinajstić information content (AvgIpc) is 2.62. The molecule has 0 unspecified atom stereocenters. The van der Waals surface area contributed by atoms with Crippen LogP contribution in [-0.2, 0) is 0 Å². The Kier molecular flexibility index (Phi) is 3.66. The number of amides is 1. The third-order valence-electron chi connectivity index (χ3n) is 2.56. The van der Waals surface area contributed by atoms with E-state index in [0.717, 1.165) is 8.95 Å². The first-order valence-corrected chi connectivity index (χ1v) is 6.58. The number of hydrogen-bond acceptors (Lipinski definition) is 2. The van der Waals surface area contributed by atoms with Gasteiger partial charge < -0.3 is 10.0 Å². The number of carbonyl (C=O) groups is 1. The van der Waals surface area contributed by atoms with Gasteiger partial charge in [-0.2, -0.15) is 0 Å². The molecule has 1 aliphatic rings. The average molecular weight is 349 g/mol. The number of carbonyl (C=O) groups excluding carboxylic acids is 1. The highest BCUT2D eigenvalue weighted by Crippen LogP contribution is 2.22. The molecule has 1 atom stereocenters. The molecule has 5 heteroatoms. The number of likely N-dealkylation sites (tertiary alicyclic amines) is 1. The Morgan fingerprint density at radius 1 is 1.31 bits per heavy atom. The van der Waals surface area contributed by atoms with Crippen LogP contribution >= 0.6 is 31.9 Å². The first kappa shape index (κ1) is 12.1. The molecule has 0 radical (unpaired) electrons. The van der Waals surface area contributed by atoms with Gasteiger partial charge in [-0.3, -0.25) is 4.79 Å². The van der Waals surface area contributed by atoms with Crippen molar-refractivity contribution in [1.29, 1.82) is 0 Å². The van der Waals surface area contributed by atoms with Crippen LogP contribution in [0.25, 0.3) is 0 Å². The highest BCUT2D eigenvalue weighted by Gasteiger charge is 2.25. The fourth-order valence-corrected chi connectivity index (χ4v) is 3.08. The monoisotopic (exact) mass is 347 g/mol. The van der Waals surface area contributed by atoms with Crippen molar-refractivity contribution in [3.8, 4) is 0 Å².